The van der Waals surface area contributed by atoms with E-state index in [2.05, 4.69) is 0 Å². The smallest absolute Gasteiger partial charge is 0.144 e. The lowest BCUT2D eigenvalue weighted by atomic mass is 10.1. The van der Waals surface area contributed by atoms with E-state index in [-0.39, 0.29) is 0 Å². The van der Waals surface area contributed by atoms with E-state index in [1.807, 2.05) is 0 Å². The van der Waals surface area contributed by atoms with E-state index in [0.29, 0.717) is 5.56 Å². The molecule has 13 heavy (non-hydrogen) atoms. The minimum atomic E-state index is -0.866. The van der Waals surface area contributed by atoms with Crippen molar-refractivity contribution in [2.75, 3.05) is 0 Å². The van der Waals surface area contributed by atoms with Gasteiger partial charge in [0.1, 0.15) is 23.3 Å². The van der Waals surface area contributed by atoms with E-state index in [9.17, 15) is 8.78 Å². The average molecular weight is 182 g/mol. The zero-order valence-corrected chi connectivity index (χ0v) is 7.01. The number of nitriles is 1. The van der Waals surface area contributed by atoms with Crippen LogP contribution in [0.5, 0.6) is 0 Å². The zero-order chi connectivity index (χ0) is 10.0. The average Bonchev–Trinajstić information content (AvgIpc) is 2.03. The van der Waals surface area contributed by atoms with Crippen LogP contribution in [0.25, 0.3) is 0 Å². The van der Waals surface area contributed by atoms with E-state index < -0.39 is 23.2 Å². The van der Waals surface area contributed by atoms with Gasteiger partial charge in [0.25, 0.3) is 0 Å². The van der Waals surface area contributed by atoms with Gasteiger partial charge in [-0.05, 0) is 24.6 Å². The molecule has 0 amide bonds. The predicted molar refractivity (Wildman–Crippen MR) is 43.7 cm³/mol. The van der Waals surface area contributed by atoms with Crippen LogP contribution in [0.3, 0.4) is 0 Å². The van der Waals surface area contributed by atoms with E-state index in [1.165, 1.54) is 6.07 Å². The van der Waals surface area contributed by atoms with Gasteiger partial charge in [-0.2, -0.15) is 5.26 Å². The quantitative estimate of drug-likeness (QED) is 0.720. The van der Waals surface area contributed by atoms with Crippen LogP contribution in [-0.2, 0) is 0 Å². The third-order valence-corrected chi connectivity index (χ3v) is 1.70. The van der Waals surface area contributed by atoms with Gasteiger partial charge in [0.05, 0.1) is 0 Å². The molecule has 0 aliphatic rings. The maximum Gasteiger partial charge on any atom is 0.144 e. The Morgan fingerprint density at radius 1 is 1.38 bits per heavy atom. The molecule has 2 N–H and O–H groups in total. The molecule has 1 atom stereocenters. The summed E-state index contributed by atoms with van der Waals surface area (Å²) >= 11 is 0. The fourth-order valence-corrected chi connectivity index (χ4v) is 0.962. The summed E-state index contributed by atoms with van der Waals surface area (Å²) in [6, 6.07) is 3.14. The van der Waals surface area contributed by atoms with Gasteiger partial charge >= 0.3 is 0 Å². The van der Waals surface area contributed by atoms with Crippen LogP contribution < -0.4 is 5.73 Å². The number of nitrogens with two attached hydrogens (primary N) is 1. The molecule has 0 unspecified atom stereocenters. The molecule has 1 rings (SSSR count). The Labute approximate surface area is 74.6 Å². The molecule has 68 valence electrons. The molecule has 0 radical (unpaired) electrons. The minimum Gasteiger partial charge on any atom is -0.324 e. The topological polar surface area (TPSA) is 49.8 Å². The van der Waals surface area contributed by atoms with E-state index in [4.69, 9.17) is 11.0 Å². The Hall–Kier alpha value is -1.47. The fraction of sp³-hybridized carbons (Fsp3) is 0.222. The summed E-state index contributed by atoms with van der Waals surface area (Å²) in [6.45, 7) is 1.61. The van der Waals surface area contributed by atoms with Crippen molar-refractivity contribution in [3.05, 3.63) is 34.9 Å². The third-order valence-electron chi connectivity index (χ3n) is 1.70. The van der Waals surface area contributed by atoms with Gasteiger partial charge in [0.2, 0.25) is 0 Å². The summed E-state index contributed by atoms with van der Waals surface area (Å²) in [5, 5.41) is 8.37. The summed E-state index contributed by atoms with van der Waals surface area (Å²) in [4.78, 5) is 0. The van der Waals surface area contributed by atoms with Gasteiger partial charge in [0.15, 0.2) is 0 Å². The van der Waals surface area contributed by atoms with Crippen LogP contribution in [0.4, 0.5) is 8.78 Å². The van der Waals surface area contributed by atoms with E-state index in [1.54, 1.807) is 6.92 Å². The van der Waals surface area contributed by atoms with Gasteiger partial charge in [-0.1, -0.05) is 0 Å². The number of benzene rings is 1. The molecule has 0 aliphatic heterocycles. The first-order chi connectivity index (χ1) is 6.06. The Morgan fingerprint density at radius 2 is 1.85 bits per heavy atom. The Balaban J connectivity index is 3.30. The van der Waals surface area contributed by atoms with Crippen molar-refractivity contribution in [1.29, 1.82) is 5.26 Å². The lowest BCUT2D eigenvalue weighted by Gasteiger charge is -2.06. The van der Waals surface area contributed by atoms with Crippen LogP contribution in [0.15, 0.2) is 12.1 Å². The van der Waals surface area contributed by atoms with Crippen molar-refractivity contribution < 1.29 is 8.78 Å². The molecular weight excluding hydrogens is 174 g/mol. The molecule has 0 fully saturated rings. The van der Waals surface area contributed by atoms with Crippen molar-refractivity contribution in [1.82, 2.24) is 0 Å². The van der Waals surface area contributed by atoms with Crippen LogP contribution in [0.2, 0.25) is 0 Å². The van der Waals surface area contributed by atoms with E-state index >= 15 is 0 Å². The first-order valence-electron chi connectivity index (χ1n) is 3.71. The number of rotatable bonds is 1. The Bertz CT molecular complexity index is 343. The van der Waals surface area contributed by atoms with Gasteiger partial charge in [0, 0.05) is 6.04 Å². The standard InChI is InChI=1S/C9H8F2N2/c1-5(13)6-2-8(10)7(4-12)9(11)3-6/h2-3,5H,13H2,1H3/t5-/m1/s1. The van der Waals surface area contributed by atoms with Crippen molar-refractivity contribution >= 4 is 0 Å². The van der Waals surface area contributed by atoms with Crippen LogP contribution in [0, 0.1) is 23.0 Å². The molecule has 0 bridgehead atoms. The summed E-state index contributed by atoms with van der Waals surface area (Å²) in [6.07, 6.45) is 0. The number of hydrogen-bond acceptors (Lipinski definition) is 2. The van der Waals surface area contributed by atoms with Crippen LogP contribution >= 0.6 is 0 Å². The highest BCUT2D eigenvalue weighted by atomic mass is 19.1. The molecule has 0 saturated carbocycles. The summed E-state index contributed by atoms with van der Waals surface area (Å²) < 4.78 is 25.9. The van der Waals surface area contributed by atoms with Gasteiger partial charge in [-0.15, -0.1) is 0 Å². The second kappa shape index (κ2) is 3.50. The largest absolute Gasteiger partial charge is 0.324 e. The van der Waals surface area contributed by atoms with Crippen molar-refractivity contribution in [3.8, 4) is 6.07 Å². The molecule has 0 spiro atoms. The fourth-order valence-electron chi connectivity index (χ4n) is 0.962. The summed E-state index contributed by atoms with van der Waals surface area (Å²) in [5.74, 6) is -1.73. The van der Waals surface area contributed by atoms with Crippen molar-refractivity contribution in [2.24, 2.45) is 5.73 Å². The van der Waals surface area contributed by atoms with Gasteiger partial charge in [-0.3, -0.25) is 0 Å². The maximum absolute atomic E-state index is 13.0. The molecule has 0 aromatic heterocycles. The third kappa shape index (κ3) is 1.82. The zero-order valence-electron chi connectivity index (χ0n) is 7.01. The highest BCUT2D eigenvalue weighted by molar-refractivity contribution is 5.35. The molecular formula is C9H8F2N2. The summed E-state index contributed by atoms with van der Waals surface area (Å²) in [7, 11) is 0. The van der Waals surface area contributed by atoms with Crippen molar-refractivity contribution in [3.63, 3.8) is 0 Å². The molecule has 1 aromatic rings. The highest BCUT2D eigenvalue weighted by Crippen LogP contribution is 2.17. The first-order valence-corrected chi connectivity index (χ1v) is 3.71. The predicted octanol–water partition coefficient (Wildman–Crippen LogP) is 1.86. The monoisotopic (exact) mass is 182 g/mol. The van der Waals surface area contributed by atoms with Gasteiger partial charge in [-0.25, -0.2) is 8.78 Å². The lowest BCUT2D eigenvalue weighted by Crippen LogP contribution is -2.06. The lowest BCUT2D eigenvalue weighted by molar-refractivity contribution is 0.569. The number of hydrogen-bond donors (Lipinski definition) is 1. The second-order valence-corrected chi connectivity index (χ2v) is 2.76. The molecule has 0 aliphatic carbocycles. The van der Waals surface area contributed by atoms with Crippen LogP contribution in [0.1, 0.15) is 24.1 Å². The number of halogens is 2. The molecule has 1 aromatic carbocycles. The first kappa shape index (κ1) is 9.62. The van der Waals surface area contributed by atoms with Crippen molar-refractivity contribution in [2.45, 2.75) is 13.0 Å². The minimum absolute atomic E-state index is 0.342. The number of nitrogens with zero attached hydrogens (tertiary/aromatic N) is 1. The Kier molecular flexibility index (Phi) is 2.59. The molecule has 0 heterocycles. The second-order valence-electron chi connectivity index (χ2n) is 2.76. The molecule has 0 saturated heterocycles. The van der Waals surface area contributed by atoms with Crippen LogP contribution in [-0.4, -0.2) is 0 Å². The molecule has 4 heteroatoms. The van der Waals surface area contributed by atoms with E-state index in [0.717, 1.165) is 12.1 Å². The van der Waals surface area contributed by atoms with Gasteiger partial charge < -0.3 is 5.73 Å². The Morgan fingerprint density at radius 3 is 2.15 bits per heavy atom. The molecule has 2 nitrogen and oxygen atoms in total. The highest BCUT2D eigenvalue weighted by Gasteiger charge is 2.11. The SMILES string of the molecule is C[C@@H](N)c1cc(F)c(C#N)c(F)c1. The maximum atomic E-state index is 13.0. The summed E-state index contributed by atoms with van der Waals surface area (Å²) in [5.41, 5.74) is 5.20. The normalized spacial score (nSPS) is 12.2.